The van der Waals surface area contributed by atoms with Gasteiger partial charge in [0.2, 0.25) is 6.61 Å². The lowest BCUT2D eigenvalue weighted by atomic mass is 9.94. The summed E-state index contributed by atoms with van der Waals surface area (Å²) < 4.78 is 5.66. The molecular formula is C21H16O. The first-order valence-corrected chi connectivity index (χ1v) is 7.50. The molecule has 1 nitrogen and oxygen atoms in total. The normalized spacial score (nSPS) is 12.8. The summed E-state index contributed by atoms with van der Waals surface area (Å²) >= 11 is 0. The highest BCUT2D eigenvalue weighted by atomic mass is 16.5. The zero-order valence-electron chi connectivity index (χ0n) is 12.5. The third-order valence-electron chi connectivity index (χ3n) is 4.04. The summed E-state index contributed by atoms with van der Waals surface area (Å²) in [5, 5.41) is 0. The molecule has 22 heavy (non-hydrogen) atoms. The minimum atomic E-state index is 0.745. The van der Waals surface area contributed by atoms with Gasteiger partial charge >= 0.3 is 0 Å². The van der Waals surface area contributed by atoms with Crippen molar-refractivity contribution in [1.29, 1.82) is 0 Å². The molecule has 1 aliphatic rings. The van der Waals surface area contributed by atoms with Gasteiger partial charge in [-0.1, -0.05) is 60.2 Å². The van der Waals surface area contributed by atoms with Crippen molar-refractivity contribution < 1.29 is 4.74 Å². The number of benzene rings is 3. The van der Waals surface area contributed by atoms with Crippen LogP contribution < -0.4 is 4.74 Å². The van der Waals surface area contributed by atoms with E-state index >= 15 is 0 Å². The van der Waals surface area contributed by atoms with E-state index in [4.69, 9.17) is 4.74 Å². The minimum Gasteiger partial charge on any atom is -0.477 e. The predicted octanol–water partition coefficient (Wildman–Crippen LogP) is 5.30. The monoisotopic (exact) mass is 284 g/mol. The molecule has 0 aromatic heterocycles. The summed E-state index contributed by atoms with van der Waals surface area (Å²) in [6.07, 6.45) is 0.745. The molecule has 0 atom stereocenters. The molecular weight excluding hydrogens is 268 g/mol. The molecule has 2 radical (unpaired) electrons. The highest BCUT2D eigenvalue weighted by Gasteiger charge is 2.20. The molecule has 106 valence electrons. The van der Waals surface area contributed by atoms with Crippen molar-refractivity contribution in [3.05, 3.63) is 84.5 Å². The van der Waals surface area contributed by atoms with E-state index < -0.39 is 0 Å². The Kier molecular flexibility index (Phi) is 3.19. The summed E-state index contributed by atoms with van der Waals surface area (Å²) in [7, 11) is 0. The van der Waals surface area contributed by atoms with Crippen molar-refractivity contribution in [3.63, 3.8) is 0 Å². The molecule has 1 aliphatic heterocycles. The Labute approximate surface area is 131 Å². The third kappa shape index (κ3) is 2.29. The Balaban J connectivity index is 1.92. The van der Waals surface area contributed by atoms with Crippen LogP contribution in [0.3, 0.4) is 0 Å². The smallest absolute Gasteiger partial charge is 0.201 e. The first kappa shape index (κ1) is 13.1. The Bertz CT molecular complexity index is 819. The summed E-state index contributed by atoms with van der Waals surface area (Å²) in [6.45, 7) is 5.11. The van der Waals surface area contributed by atoms with Gasteiger partial charge in [-0.15, -0.1) is 0 Å². The maximum Gasteiger partial charge on any atom is 0.201 e. The zero-order chi connectivity index (χ0) is 14.9. The van der Waals surface area contributed by atoms with Crippen molar-refractivity contribution in [3.8, 4) is 28.0 Å². The van der Waals surface area contributed by atoms with Gasteiger partial charge in [0, 0.05) is 12.0 Å². The maximum absolute atomic E-state index is 5.66. The number of hydrogen-bond acceptors (Lipinski definition) is 1. The van der Waals surface area contributed by atoms with Crippen LogP contribution in [0.4, 0.5) is 0 Å². The quantitative estimate of drug-likeness (QED) is 0.620. The molecule has 1 heteroatoms. The van der Waals surface area contributed by atoms with Gasteiger partial charge in [-0.25, -0.2) is 0 Å². The highest BCUT2D eigenvalue weighted by Crippen LogP contribution is 2.41. The molecule has 0 fully saturated rings. The van der Waals surface area contributed by atoms with E-state index in [1.807, 2.05) is 6.07 Å². The summed E-state index contributed by atoms with van der Waals surface area (Å²) in [6, 6.07) is 23.5. The van der Waals surface area contributed by atoms with Crippen molar-refractivity contribution in [2.24, 2.45) is 0 Å². The molecule has 3 aromatic rings. The Morgan fingerprint density at radius 2 is 1.64 bits per heavy atom. The summed E-state index contributed by atoms with van der Waals surface area (Å²) in [5.74, 6) is 0.949. The van der Waals surface area contributed by atoms with Gasteiger partial charge in [-0.2, -0.15) is 0 Å². The number of fused-ring (bicyclic) bond motifs is 1. The van der Waals surface area contributed by atoms with Crippen LogP contribution in [0.15, 0.2) is 66.7 Å². The van der Waals surface area contributed by atoms with Crippen LogP contribution in [0.5, 0.6) is 5.75 Å². The van der Waals surface area contributed by atoms with Crippen LogP contribution in [0.2, 0.25) is 0 Å². The van der Waals surface area contributed by atoms with Gasteiger partial charge in [0.25, 0.3) is 0 Å². The summed E-state index contributed by atoms with van der Waals surface area (Å²) in [5.41, 5.74) is 7.25. The average molecular weight is 284 g/mol. The van der Waals surface area contributed by atoms with E-state index in [0.29, 0.717) is 0 Å². The van der Waals surface area contributed by atoms with Gasteiger partial charge in [0.15, 0.2) is 0 Å². The predicted molar refractivity (Wildman–Crippen MR) is 89.6 cm³/mol. The molecule has 0 aliphatic carbocycles. The van der Waals surface area contributed by atoms with E-state index in [1.165, 1.54) is 27.8 Å². The molecule has 0 saturated carbocycles. The van der Waals surface area contributed by atoms with E-state index in [9.17, 15) is 0 Å². The van der Waals surface area contributed by atoms with Gasteiger partial charge in [0.1, 0.15) is 5.75 Å². The molecule has 0 spiro atoms. The average Bonchev–Trinajstić information content (AvgIpc) is 3.03. The van der Waals surface area contributed by atoms with E-state index in [2.05, 4.69) is 74.2 Å². The van der Waals surface area contributed by atoms with Crippen molar-refractivity contribution in [1.82, 2.24) is 0 Å². The lowest BCUT2D eigenvalue weighted by molar-refractivity contribution is 0.436. The lowest BCUT2D eigenvalue weighted by Crippen LogP contribution is -1.88. The summed E-state index contributed by atoms with van der Waals surface area (Å²) in [4.78, 5) is 0. The number of rotatable bonds is 2. The molecule has 3 aromatic carbocycles. The molecule has 0 N–H and O–H groups in total. The van der Waals surface area contributed by atoms with Crippen molar-refractivity contribution in [2.75, 3.05) is 0 Å². The highest BCUT2D eigenvalue weighted by molar-refractivity contribution is 5.80. The van der Waals surface area contributed by atoms with Gasteiger partial charge < -0.3 is 4.74 Å². The number of hydrogen-bond donors (Lipinski definition) is 0. The molecule has 0 amide bonds. The third-order valence-corrected chi connectivity index (χ3v) is 4.04. The lowest BCUT2D eigenvalue weighted by Gasteiger charge is -2.12. The first-order valence-electron chi connectivity index (χ1n) is 7.50. The Morgan fingerprint density at radius 3 is 2.45 bits per heavy atom. The topological polar surface area (TPSA) is 9.23 Å². The number of aryl methyl sites for hydroxylation is 1. The molecule has 0 unspecified atom stereocenters. The molecule has 4 rings (SSSR count). The largest absolute Gasteiger partial charge is 0.477 e. The van der Waals surface area contributed by atoms with Crippen molar-refractivity contribution in [2.45, 2.75) is 13.3 Å². The maximum atomic E-state index is 5.66. The van der Waals surface area contributed by atoms with Gasteiger partial charge in [-0.05, 0) is 41.3 Å². The Morgan fingerprint density at radius 1 is 0.818 bits per heavy atom. The van der Waals surface area contributed by atoms with Crippen LogP contribution in [0.1, 0.15) is 11.1 Å². The molecule has 1 heterocycles. The second-order valence-electron chi connectivity index (χ2n) is 5.67. The van der Waals surface area contributed by atoms with Crippen LogP contribution in [0.25, 0.3) is 22.3 Å². The van der Waals surface area contributed by atoms with Crippen LogP contribution in [0, 0.1) is 13.5 Å². The van der Waals surface area contributed by atoms with Crippen LogP contribution in [-0.2, 0) is 6.42 Å². The first-order chi connectivity index (χ1) is 10.8. The molecule has 0 bridgehead atoms. The zero-order valence-corrected chi connectivity index (χ0v) is 12.5. The van der Waals surface area contributed by atoms with Crippen LogP contribution in [-0.4, -0.2) is 0 Å². The van der Waals surface area contributed by atoms with Gasteiger partial charge in [0.05, 0.1) is 0 Å². The van der Waals surface area contributed by atoms with E-state index in [1.54, 1.807) is 0 Å². The Hall–Kier alpha value is -2.54. The van der Waals surface area contributed by atoms with Crippen LogP contribution >= 0.6 is 0 Å². The standard InChI is InChI=1S/C21H16O/c1-15-6-5-9-17(12-15)20-14-19(16-7-3-2-4-8-16)13-18-10-11-22-21(18)20/h2-9,12-14H,10H2,1H3. The van der Waals surface area contributed by atoms with Crippen molar-refractivity contribution >= 4 is 0 Å². The molecule has 0 saturated heterocycles. The fourth-order valence-corrected chi connectivity index (χ4v) is 2.95. The van der Waals surface area contributed by atoms with E-state index in [-0.39, 0.29) is 0 Å². The second kappa shape index (κ2) is 5.34. The second-order valence-corrected chi connectivity index (χ2v) is 5.67. The minimum absolute atomic E-state index is 0.745. The fourth-order valence-electron chi connectivity index (χ4n) is 2.95. The van der Waals surface area contributed by atoms with Gasteiger partial charge in [-0.3, -0.25) is 0 Å². The fraction of sp³-hybridized carbons (Fsp3) is 0.0952. The SMILES string of the molecule is Cc1cccc(-c2cc(-c3ccccc3)cc3c2O[C]C3)c1. The number of ether oxygens (including phenoxy) is 1. The van der Waals surface area contributed by atoms with E-state index in [0.717, 1.165) is 17.7 Å².